The van der Waals surface area contributed by atoms with Gasteiger partial charge in [0.2, 0.25) is 0 Å². The van der Waals surface area contributed by atoms with E-state index in [1.54, 1.807) is 20.3 Å². The van der Waals surface area contributed by atoms with E-state index >= 15 is 0 Å². The maximum absolute atomic E-state index is 13.0. The molecule has 4 bridgehead atoms. The molecule has 5 rings (SSSR count). The van der Waals surface area contributed by atoms with Crippen LogP contribution in [0.3, 0.4) is 0 Å². The molecular weight excluding hydrogens is 300 g/mol. The summed E-state index contributed by atoms with van der Waals surface area (Å²) >= 11 is 0. The van der Waals surface area contributed by atoms with Crippen LogP contribution in [0.2, 0.25) is 0 Å². The first-order valence-corrected chi connectivity index (χ1v) is 9.06. The van der Waals surface area contributed by atoms with Gasteiger partial charge < -0.3 is 9.47 Å². The largest absolute Gasteiger partial charge is 0.497 e. The summed E-state index contributed by atoms with van der Waals surface area (Å²) in [6.45, 7) is 0. The monoisotopic (exact) mass is 326 g/mol. The van der Waals surface area contributed by atoms with Gasteiger partial charge in [-0.15, -0.1) is 0 Å². The van der Waals surface area contributed by atoms with Gasteiger partial charge in [0.15, 0.2) is 5.78 Å². The number of benzene rings is 1. The molecule has 0 aromatic heterocycles. The zero-order chi connectivity index (χ0) is 16.7. The topological polar surface area (TPSA) is 35.5 Å². The molecule has 0 radical (unpaired) electrons. The Morgan fingerprint density at radius 3 is 2.21 bits per heavy atom. The van der Waals surface area contributed by atoms with Crippen molar-refractivity contribution in [2.45, 2.75) is 38.5 Å². The molecule has 4 fully saturated rings. The minimum atomic E-state index is -0.0645. The molecule has 0 aliphatic heterocycles. The highest BCUT2D eigenvalue weighted by atomic mass is 16.5. The maximum atomic E-state index is 13.0. The van der Waals surface area contributed by atoms with E-state index in [0.717, 1.165) is 54.1 Å². The highest BCUT2D eigenvalue weighted by molar-refractivity contribution is 5.98. The molecule has 0 amide bonds. The lowest BCUT2D eigenvalue weighted by molar-refractivity contribution is -0.138. The number of ether oxygens (including phenoxy) is 2. The first kappa shape index (κ1) is 15.7. The third kappa shape index (κ3) is 2.64. The average Bonchev–Trinajstić information content (AvgIpc) is 2.58. The average molecular weight is 326 g/mol. The second-order valence-electron chi connectivity index (χ2n) is 8.00. The van der Waals surface area contributed by atoms with Crippen LogP contribution >= 0.6 is 0 Å². The molecule has 3 heteroatoms. The lowest BCUT2D eigenvalue weighted by Gasteiger charge is -2.55. The highest BCUT2D eigenvalue weighted by Gasteiger charge is 2.53. The molecule has 0 unspecified atom stereocenters. The molecule has 4 saturated carbocycles. The van der Waals surface area contributed by atoms with Crippen molar-refractivity contribution in [1.82, 2.24) is 0 Å². The Morgan fingerprint density at radius 1 is 1.04 bits per heavy atom. The third-order valence-electron chi connectivity index (χ3n) is 6.42. The third-order valence-corrected chi connectivity index (χ3v) is 6.42. The van der Waals surface area contributed by atoms with Crippen molar-refractivity contribution in [3.8, 4) is 11.5 Å². The predicted octanol–water partition coefficient (Wildman–Crippen LogP) is 4.50. The van der Waals surface area contributed by atoms with Crippen LogP contribution in [0, 0.1) is 23.2 Å². The van der Waals surface area contributed by atoms with Gasteiger partial charge >= 0.3 is 0 Å². The summed E-state index contributed by atoms with van der Waals surface area (Å²) in [5.41, 5.74) is 0.863. The van der Waals surface area contributed by atoms with Crippen LogP contribution in [0.1, 0.15) is 44.1 Å². The molecule has 4 aliphatic carbocycles. The van der Waals surface area contributed by atoms with E-state index < -0.39 is 0 Å². The van der Waals surface area contributed by atoms with Gasteiger partial charge in [0.25, 0.3) is 0 Å². The van der Waals surface area contributed by atoms with E-state index in [0.29, 0.717) is 5.78 Å². The van der Waals surface area contributed by atoms with Crippen LogP contribution in [0.4, 0.5) is 0 Å². The quantitative estimate of drug-likeness (QED) is 0.747. The van der Waals surface area contributed by atoms with Crippen molar-refractivity contribution in [3.05, 3.63) is 29.8 Å². The standard InChI is InChI=1S/C21H26O3/c1-23-18-5-3-17(19(10-18)24-2)4-6-20(22)21-11-14-7-15(12-21)9-16(8-14)13-21/h3-6,10,14-16H,7-9,11-13H2,1-2H3/b6-4+. The summed E-state index contributed by atoms with van der Waals surface area (Å²) < 4.78 is 10.7. The molecule has 3 nitrogen and oxygen atoms in total. The number of carbonyl (C=O) groups is 1. The Kier molecular flexibility index (Phi) is 3.90. The number of rotatable bonds is 5. The SMILES string of the molecule is COc1ccc(/C=C/C(=O)C23CC4CC(CC(C4)C2)C3)c(OC)c1. The number of allylic oxidation sites excluding steroid dienone is 1. The van der Waals surface area contributed by atoms with Crippen LogP contribution in [0.15, 0.2) is 24.3 Å². The van der Waals surface area contributed by atoms with Gasteiger partial charge in [-0.05, 0) is 80.6 Å². The number of methoxy groups -OCH3 is 2. The Morgan fingerprint density at radius 2 is 1.67 bits per heavy atom. The summed E-state index contributed by atoms with van der Waals surface area (Å²) in [5.74, 6) is 4.22. The molecule has 128 valence electrons. The zero-order valence-corrected chi connectivity index (χ0v) is 14.6. The molecular formula is C21H26O3. The maximum Gasteiger partial charge on any atom is 0.161 e. The lowest BCUT2D eigenvalue weighted by Crippen LogP contribution is -2.49. The number of ketones is 1. The minimum Gasteiger partial charge on any atom is -0.497 e. The molecule has 1 aromatic carbocycles. The van der Waals surface area contributed by atoms with Crippen LogP contribution < -0.4 is 9.47 Å². The van der Waals surface area contributed by atoms with Crippen LogP contribution in [0.25, 0.3) is 6.08 Å². The summed E-state index contributed by atoms with van der Waals surface area (Å²) in [6, 6.07) is 5.70. The first-order chi connectivity index (χ1) is 11.6. The Bertz CT molecular complexity index is 638. The fourth-order valence-electron chi connectivity index (χ4n) is 5.71. The van der Waals surface area contributed by atoms with Crippen molar-refractivity contribution < 1.29 is 14.3 Å². The second kappa shape index (κ2) is 5.94. The van der Waals surface area contributed by atoms with Gasteiger partial charge in [0.1, 0.15) is 11.5 Å². The fourth-order valence-corrected chi connectivity index (χ4v) is 5.71. The molecule has 4 aliphatic rings. The van der Waals surface area contributed by atoms with Gasteiger partial charge in [-0.25, -0.2) is 0 Å². The molecule has 0 spiro atoms. The molecule has 0 atom stereocenters. The number of hydrogen-bond donors (Lipinski definition) is 0. The van der Waals surface area contributed by atoms with Crippen molar-refractivity contribution >= 4 is 11.9 Å². The number of carbonyl (C=O) groups excluding carboxylic acids is 1. The molecule has 0 heterocycles. The van der Waals surface area contributed by atoms with Crippen LogP contribution in [0.5, 0.6) is 11.5 Å². The summed E-state index contributed by atoms with van der Waals surface area (Å²) in [7, 11) is 3.29. The Balaban J connectivity index is 1.55. The van der Waals surface area contributed by atoms with E-state index in [-0.39, 0.29) is 5.41 Å². The molecule has 1 aromatic rings. The summed E-state index contributed by atoms with van der Waals surface area (Å²) in [4.78, 5) is 13.0. The smallest absolute Gasteiger partial charge is 0.161 e. The van der Waals surface area contributed by atoms with Gasteiger partial charge in [-0.1, -0.05) is 0 Å². The van der Waals surface area contributed by atoms with Crippen molar-refractivity contribution in [3.63, 3.8) is 0 Å². The second-order valence-corrected chi connectivity index (χ2v) is 8.00. The minimum absolute atomic E-state index is 0.0645. The van der Waals surface area contributed by atoms with Gasteiger partial charge in [-0.3, -0.25) is 4.79 Å². The predicted molar refractivity (Wildman–Crippen MR) is 94.2 cm³/mol. The van der Waals surface area contributed by atoms with E-state index in [1.165, 1.54) is 19.3 Å². The highest BCUT2D eigenvalue weighted by Crippen LogP contribution is 2.60. The van der Waals surface area contributed by atoms with Crippen molar-refractivity contribution in [2.75, 3.05) is 14.2 Å². The summed E-state index contributed by atoms with van der Waals surface area (Å²) in [6.07, 6.45) is 11.1. The lowest BCUT2D eigenvalue weighted by atomic mass is 9.48. The van der Waals surface area contributed by atoms with Gasteiger partial charge in [-0.2, -0.15) is 0 Å². The molecule has 24 heavy (non-hydrogen) atoms. The zero-order valence-electron chi connectivity index (χ0n) is 14.6. The van der Waals surface area contributed by atoms with Crippen LogP contribution in [-0.2, 0) is 4.79 Å². The van der Waals surface area contributed by atoms with E-state index in [9.17, 15) is 4.79 Å². The van der Waals surface area contributed by atoms with Crippen LogP contribution in [-0.4, -0.2) is 20.0 Å². The van der Waals surface area contributed by atoms with E-state index in [2.05, 4.69) is 0 Å². The Hall–Kier alpha value is -1.77. The van der Waals surface area contributed by atoms with E-state index in [4.69, 9.17) is 9.47 Å². The molecule has 0 saturated heterocycles. The normalized spacial score (nSPS) is 33.8. The van der Waals surface area contributed by atoms with E-state index in [1.807, 2.05) is 24.3 Å². The van der Waals surface area contributed by atoms with Crippen molar-refractivity contribution in [2.24, 2.45) is 23.2 Å². The fraction of sp³-hybridized carbons (Fsp3) is 0.571. The first-order valence-electron chi connectivity index (χ1n) is 9.06. The van der Waals surface area contributed by atoms with Gasteiger partial charge in [0, 0.05) is 17.0 Å². The Labute approximate surface area is 144 Å². The summed E-state index contributed by atoms with van der Waals surface area (Å²) in [5, 5.41) is 0. The van der Waals surface area contributed by atoms with Crippen molar-refractivity contribution in [1.29, 1.82) is 0 Å². The van der Waals surface area contributed by atoms with Gasteiger partial charge in [0.05, 0.1) is 14.2 Å². The molecule has 0 N–H and O–H groups in total. The number of hydrogen-bond acceptors (Lipinski definition) is 3.